The fourth-order valence-electron chi connectivity index (χ4n) is 2.37. The Bertz CT molecular complexity index is 568. The molecule has 0 fully saturated rings. The lowest BCUT2D eigenvalue weighted by Gasteiger charge is -2.21. The highest BCUT2D eigenvalue weighted by Gasteiger charge is 2.11. The van der Waals surface area contributed by atoms with Crippen LogP contribution in [0.4, 0.5) is 0 Å². The number of thioether (sulfide) groups is 1. The quantitative estimate of drug-likeness (QED) is 0.772. The fraction of sp³-hybridized carbons (Fsp3) is 0.333. The highest BCUT2D eigenvalue weighted by molar-refractivity contribution is 7.98. The topological polar surface area (TPSA) is 21.3 Å². The molecule has 0 amide bonds. The molecule has 0 saturated heterocycles. The monoisotopic (exact) mass is 301 g/mol. The van der Waals surface area contributed by atoms with Crippen LogP contribution in [0, 0.1) is 0 Å². The highest BCUT2D eigenvalue weighted by Crippen LogP contribution is 2.23. The van der Waals surface area contributed by atoms with E-state index in [4.69, 9.17) is 4.74 Å². The van der Waals surface area contributed by atoms with Gasteiger partial charge in [-0.3, -0.25) is 0 Å². The van der Waals surface area contributed by atoms with E-state index in [9.17, 15) is 0 Å². The van der Waals surface area contributed by atoms with E-state index in [1.165, 1.54) is 16.0 Å². The zero-order chi connectivity index (χ0) is 15.2. The van der Waals surface area contributed by atoms with Crippen molar-refractivity contribution in [3.63, 3.8) is 0 Å². The van der Waals surface area contributed by atoms with Crippen molar-refractivity contribution in [2.45, 2.75) is 30.8 Å². The van der Waals surface area contributed by atoms with Gasteiger partial charge in [0.15, 0.2) is 0 Å². The fourth-order valence-corrected chi connectivity index (χ4v) is 2.78. The minimum atomic E-state index is 0.273. The van der Waals surface area contributed by atoms with Crippen LogP contribution in [0.1, 0.15) is 37.1 Å². The summed E-state index contributed by atoms with van der Waals surface area (Å²) in [5.74, 6) is 0.901. The average Bonchev–Trinajstić information content (AvgIpc) is 2.54. The summed E-state index contributed by atoms with van der Waals surface area (Å²) in [6, 6.07) is 17.5. The Morgan fingerprint density at radius 1 is 0.952 bits per heavy atom. The number of rotatable bonds is 6. The molecule has 2 atom stereocenters. The van der Waals surface area contributed by atoms with Crippen molar-refractivity contribution in [3.8, 4) is 5.75 Å². The largest absolute Gasteiger partial charge is 0.497 e. The molecule has 0 bridgehead atoms. The molecule has 2 rings (SSSR count). The zero-order valence-corrected chi connectivity index (χ0v) is 13.9. The van der Waals surface area contributed by atoms with Gasteiger partial charge in [-0.05, 0) is 55.5 Å². The van der Waals surface area contributed by atoms with Gasteiger partial charge < -0.3 is 10.1 Å². The van der Waals surface area contributed by atoms with Crippen LogP contribution in [-0.4, -0.2) is 13.4 Å². The lowest BCUT2D eigenvalue weighted by atomic mass is 10.0. The van der Waals surface area contributed by atoms with E-state index < -0.39 is 0 Å². The van der Waals surface area contributed by atoms with Gasteiger partial charge in [0.2, 0.25) is 0 Å². The summed E-state index contributed by atoms with van der Waals surface area (Å²) in [6.07, 6.45) is 2.10. The van der Waals surface area contributed by atoms with Gasteiger partial charge >= 0.3 is 0 Å². The van der Waals surface area contributed by atoms with E-state index in [2.05, 4.69) is 61.8 Å². The molecule has 2 unspecified atom stereocenters. The van der Waals surface area contributed by atoms with Crippen LogP contribution in [0.5, 0.6) is 5.75 Å². The first kappa shape index (κ1) is 15.9. The number of hydrogen-bond acceptors (Lipinski definition) is 3. The Kier molecular flexibility index (Phi) is 5.71. The molecule has 2 aromatic carbocycles. The lowest BCUT2D eigenvalue weighted by molar-refractivity contribution is 0.412. The maximum Gasteiger partial charge on any atom is 0.119 e. The second kappa shape index (κ2) is 7.53. The van der Waals surface area contributed by atoms with E-state index in [-0.39, 0.29) is 6.04 Å². The molecule has 0 aliphatic carbocycles. The number of benzene rings is 2. The highest BCUT2D eigenvalue weighted by atomic mass is 32.2. The van der Waals surface area contributed by atoms with Crippen LogP contribution in [0.25, 0.3) is 0 Å². The lowest BCUT2D eigenvalue weighted by Crippen LogP contribution is -2.22. The maximum atomic E-state index is 5.29. The van der Waals surface area contributed by atoms with Crippen molar-refractivity contribution >= 4 is 11.8 Å². The first-order valence-electron chi connectivity index (χ1n) is 7.18. The Morgan fingerprint density at radius 2 is 1.62 bits per heavy atom. The van der Waals surface area contributed by atoms with Crippen molar-refractivity contribution in [1.29, 1.82) is 0 Å². The third-order valence-corrected chi connectivity index (χ3v) is 4.45. The first-order chi connectivity index (χ1) is 10.1. The van der Waals surface area contributed by atoms with Crippen molar-refractivity contribution in [2.75, 3.05) is 13.4 Å². The molecule has 0 aliphatic heterocycles. The van der Waals surface area contributed by atoms with Crippen LogP contribution in [-0.2, 0) is 0 Å². The zero-order valence-electron chi connectivity index (χ0n) is 13.1. The van der Waals surface area contributed by atoms with Gasteiger partial charge in [-0.2, -0.15) is 0 Å². The molecule has 1 N–H and O–H groups in total. The summed E-state index contributed by atoms with van der Waals surface area (Å²) in [7, 11) is 1.70. The molecule has 21 heavy (non-hydrogen) atoms. The van der Waals surface area contributed by atoms with Gasteiger partial charge in [0.05, 0.1) is 7.11 Å². The minimum Gasteiger partial charge on any atom is -0.497 e. The van der Waals surface area contributed by atoms with Crippen LogP contribution in [0.3, 0.4) is 0 Å². The van der Waals surface area contributed by atoms with E-state index in [1.54, 1.807) is 18.9 Å². The third-order valence-electron chi connectivity index (χ3n) is 3.71. The van der Waals surface area contributed by atoms with Crippen molar-refractivity contribution in [3.05, 3.63) is 59.7 Å². The Hall–Kier alpha value is -1.45. The number of methoxy groups -OCH3 is 1. The second-order valence-corrected chi connectivity index (χ2v) is 6.04. The maximum absolute atomic E-state index is 5.29. The molecule has 112 valence electrons. The summed E-state index contributed by atoms with van der Waals surface area (Å²) < 4.78 is 5.29. The van der Waals surface area contributed by atoms with Crippen molar-refractivity contribution < 1.29 is 4.74 Å². The Morgan fingerprint density at radius 3 is 2.24 bits per heavy atom. The molecule has 0 spiro atoms. The average molecular weight is 301 g/mol. The number of ether oxygens (including phenoxy) is 1. The molecule has 0 radical (unpaired) electrons. The molecular weight excluding hydrogens is 278 g/mol. The van der Waals surface area contributed by atoms with Gasteiger partial charge in [0, 0.05) is 17.0 Å². The molecule has 2 aromatic rings. The minimum absolute atomic E-state index is 0.273. The summed E-state index contributed by atoms with van der Waals surface area (Å²) in [5, 5.41) is 3.64. The van der Waals surface area contributed by atoms with Crippen molar-refractivity contribution in [2.24, 2.45) is 0 Å². The smallest absolute Gasteiger partial charge is 0.119 e. The molecule has 0 heterocycles. The Labute approximate surface area is 131 Å². The third kappa shape index (κ3) is 4.26. The predicted octanol–water partition coefficient (Wildman–Crippen LogP) is 4.83. The standard InChI is InChI=1S/C18H23NOS/c1-13(15-8-10-18(21-4)11-9-15)19-14(2)16-6-5-7-17(12-16)20-3/h5-14,19H,1-4H3. The van der Waals surface area contributed by atoms with Gasteiger partial charge in [-0.25, -0.2) is 0 Å². The normalized spacial score (nSPS) is 13.7. The Balaban J connectivity index is 2.04. The second-order valence-electron chi connectivity index (χ2n) is 5.16. The van der Waals surface area contributed by atoms with Crippen LogP contribution in [0.2, 0.25) is 0 Å². The SMILES string of the molecule is COc1cccc(C(C)NC(C)c2ccc(SC)cc2)c1. The summed E-state index contributed by atoms with van der Waals surface area (Å²) >= 11 is 1.77. The van der Waals surface area contributed by atoms with Gasteiger partial charge in [-0.15, -0.1) is 11.8 Å². The molecular formula is C18H23NOS. The van der Waals surface area contributed by atoms with E-state index in [0.717, 1.165) is 5.75 Å². The first-order valence-corrected chi connectivity index (χ1v) is 8.40. The van der Waals surface area contributed by atoms with Crippen molar-refractivity contribution in [1.82, 2.24) is 5.32 Å². The molecule has 0 aromatic heterocycles. The number of hydrogen-bond donors (Lipinski definition) is 1. The van der Waals surface area contributed by atoms with Crippen LogP contribution < -0.4 is 10.1 Å². The van der Waals surface area contributed by atoms with Gasteiger partial charge in [-0.1, -0.05) is 24.3 Å². The molecule has 2 nitrogen and oxygen atoms in total. The van der Waals surface area contributed by atoms with E-state index in [1.807, 2.05) is 12.1 Å². The van der Waals surface area contributed by atoms with Gasteiger partial charge in [0.1, 0.15) is 5.75 Å². The molecule has 0 saturated carbocycles. The van der Waals surface area contributed by atoms with Crippen LogP contribution in [0.15, 0.2) is 53.4 Å². The van der Waals surface area contributed by atoms with E-state index in [0.29, 0.717) is 6.04 Å². The summed E-state index contributed by atoms with van der Waals surface area (Å²) in [6.45, 7) is 4.38. The summed E-state index contributed by atoms with van der Waals surface area (Å²) in [5.41, 5.74) is 2.55. The number of nitrogens with one attached hydrogen (secondary N) is 1. The van der Waals surface area contributed by atoms with Crippen LogP contribution >= 0.6 is 11.8 Å². The summed E-state index contributed by atoms with van der Waals surface area (Å²) in [4.78, 5) is 1.30. The predicted molar refractivity (Wildman–Crippen MR) is 91.2 cm³/mol. The van der Waals surface area contributed by atoms with Gasteiger partial charge in [0.25, 0.3) is 0 Å². The van der Waals surface area contributed by atoms with E-state index >= 15 is 0 Å². The molecule has 3 heteroatoms. The molecule has 0 aliphatic rings.